The van der Waals surface area contributed by atoms with Gasteiger partial charge in [-0.25, -0.2) is 0 Å². The molecule has 0 radical (unpaired) electrons. The summed E-state index contributed by atoms with van der Waals surface area (Å²) < 4.78 is 0. The molecule has 0 aliphatic heterocycles. The van der Waals surface area contributed by atoms with Gasteiger partial charge in [-0.1, -0.05) is 84.0 Å². The summed E-state index contributed by atoms with van der Waals surface area (Å²) in [5, 5.41) is 0. The SMILES string of the molecule is CCCCCCCCCCCCCCCC[N+](OC)(OC)OC. The Labute approximate surface area is 144 Å². The zero-order valence-corrected chi connectivity index (χ0v) is 16.3. The van der Waals surface area contributed by atoms with E-state index in [4.69, 9.17) is 14.5 Å². The van der Waals surface area contributed by atoms with Crippen LogP contribution < -0.4 is 0 Å². The van der Waals surface area contributed by atoms with E-state index in [1.54, 1.807) is 21.3 Å². The highest BCUT2D eigenvalue weighted by atomic mass is 17.2. The summed E-state index contributed by atoms with van der Waals surface area (Å²) in [5.74, 6) is 0. The van der Waals surface area contributed by atoms with Gasteiger partial charge in [0.2, 0.25) is 0 Å². The Balaban J connectivity index is 3.25. The normalized spacial score (nSPS) is 12.0. The zero-order chi connectivity index (χ0) is 17.2. The highest BCUT2D eigenvalue weighted by molar-refractivity contribution is 4.49. The summed E-state index contributed by atoms with van der Waals surface area (Å²) in [5.41, 5.74) is 0. The number of quaternary nitrogens is 1. The van der Waals surface area contributed by atoms with Crippen LogP contribution in [0, 0.1) is 0 Å². The first-order valence-electron chi connectivity index (χ1n) is 9.80. The molecule has 4 heteroatoms. The van der Waals surface area contributed by atoms with E-state index in [1.807, 2.05) is 0 Å². The Morgan fingerprint density at radius 1 is 0.478 bits per heavy atom. The van der Waals surface area contributed by atoms with Crippen molar-refractivity contribution >= 4 is 0 Å². The predicted octanol–water partition coefficient (Wildman–Crippen LogP) is 5.97. The lowest BCUT2D eigenvalue weighted by molar-refractivity contribution is -1.36. The molecule has 0 atom stereocenters. The van der Waals surface area contributed by atoms with Gasteiger partial charge in [-0.05, 0) is 6.42 Å². The third-order valence-electron chi connectivity index (χ3n) is 4.62. The summed E-state index contributed by atoms with van der Waals surface area (Å²) in [4.78, 5) is 15.6. The largest absolute Gasteiger partial charge is 0.178 e. The van der Waals surface area contributed by atoms with Crippen LogP contribution in [0.5, 0.6) is 0 Å². The van der Waals surface area contributed by atoms with E-state index in [1.165, 1.54) is 83.5 Å². The van der Waals surface area contributed by atoms with Crippen LogP contribution in [-0.2, 0) is 14.5 Å². The van der Waals surface area contributed by atoms with E-state index in [9.17, 15) is 0 Å². The van der Waals surface area contributed by atoms with Gasteiger partial charge < -0.3 is 0 Å². The molecule has 0 saturated heterocycles. The highest BCUT2D eigenvalue weighted by Crippen LogP contribution is 2.15. The molecule has 0 unspecified atom stereocenters. The van der Waals surface area contributed by atoms with E-state index in [2.05, 4.69) is 6.92 Å². The number of rotatable bonds is 18. The quantitative estimate of drug-likeness (QED) is 0.176. The van der Waals surface area contributed by atoms with Crippen molar-refractivity contribution in [3.63, 3.8) is 0 Å². The summed E-state index contributed by atoms with van der Waals surface area (Å²) in [6.45, 7) is 3.02. The lowest BCUT2D eigenvalue weighted by atomic mass is 10.0. The van der Waals surface area contributed by atoms with E-state index >= 15 is 0 Å². The Morgan fingerprint density at radius 2 is 0.783 bits per heavy atom. The lowest BCUT2D eigenvalue weighted by Gasteiger charge is -2.24. The van der Waals surface area contributed by atoms with Gasteiger partial charge in [0.25, 0.3) is 0 Å². The number of unbranched alkanes of at least 4 members (excludes halogenated alkanes) is 13. The van der Waals surface area contributed by atoms with E-state index in [-0.39, 0.29) is 4.97 Å². The molecule has 0 spiro atoms. The third-order valence-corrected chi connectivity index (χ3v) is 4.62. The topological polar surface area (TPSA) is 27.7 Å². The standard InChI is InChI=1S/C19H42NO3/c1-5-6-7-8-9-10-11-12-13-14-15-16-17-18-19-20(21-2,22-3)23-4/h5-19H2,1-4H3/q+1. The van der Waals surface area contributed by atoms with Gasteiger partial charge in [-0.3, -0.25) is 0 Å². The van der Waals surface area contributed by atoms with Crippen molar-refractivity contribution in [2.75, 3.05) is 27.9 Å². The van der Waals surface area contributed by atoms with Crippen LogP contribution in [0.2, 0.25) is 0 Å². The van der Waals surface area contributed by atoms with Gasteiger partial charge in [0.15, 0.2) is 6.54 Å². The minimum Gasteiger partial charge on any atom is -0.135 e. The molecule has 0 bridgehead atoms. The molecule has 0 aliphatic carbocycles. The van der Waals surface area contributed by atoms with Gasteiger partial charge in [0.1, 0.15) is 21.3 Å². The maximum atomic E-state index is 5.24. The molecule has 0 aromatic carbocycles. The Kier molecular flexibility index (Phi) is 16.6. The van der Waals surface area contributed by atoms with Crippen LogP contribution in [0.3, 0.4) is 0 Å². The molecule has 0 rings (SSSR count). The smallest absolute Gasteiger partial charge is 0.135 e. The van der Waals surface area contributed by atoms with Crippen molar-refractivity contribution in [2.24, 2.45) is 0 Å². The third kappa shape index (κ3) is 12.9. The molecule has 140 valence electrons. The molecule has 0 saturated carbocycles. The van der Waals surface area contributed by atoms with Gasteiger partial charge in [0.05, 0.1) is 4.97 Å². The molecule has 4 nitrogen and oxygen atoms in total. The van der Waals surface area contributed by atoms with Crippen LogP contribution in [0.25, 0.3) is 0 Å². The minimum absolute atomic E-state index is 0.168. The molecule has 0 fully saturated rings. The summed E-state index contributed by atoms with van der Waals surface area (Å²) >= 11 is 0. The van der Waals surface area contributed by atoms with Crippen LogP contribution in [0.4, 0.5) is 0 Å². The van der Waals surface area contributed by atoms with E-state index in [0.29, 0.717) is 0 Å². The molecule has 0 aliphatic rings. The molecule has 0 N–H and O–H groups in total. The van der Waals surface area contributed by atoms with Crippen molar-refractivity contribution in [1.82, 2.24) is 0 Å². The van der Waals surface area contributed by atoms with Crippen LogP contribution in [-0.4, -0.2) is 32.8 Å². The van der Waals surface area contributed by atoms with Gasteiger partial charge >= 0.3 is 0 Å². The van der Waals surface area contributed by atoms with Crippen molar-refractivity contribution in [1.29, 1.82) is 0 Å². The zero-order valence-electron chi connectivity index (χ0n) is 16.3. The van der Waals surface area contributed by atoms with Crippen LogP contribution in [0.15, 0.2) is 0 Å². The fourth-order valence-electron chi connectivity index (χ4n) is 3.00. The molecular weight excluding hydrogens is 290 g/mol. The number of hydrogen-bond acceptors (Lipinski definition) is 3. The second-order valence-electron chi connectivity index (χ2n) is 6.48. The lowest BCUT2D eigenvalue weighted by Crippen LogP contribution is -2.45. The molecule has 0 aromatic heterocycles. The first kappa shape index (κ1) is 22.8. The maximum Gasteiger partial charge on any atom is 0.178 e. The number of nitrogens with zero attached hydrogens (tertiary/aromatic N) is 1. The number of hydrogen-bond donors (Lipinski definition) is 0. The monoisotopic (exact) mass is 332 g/mol. The molecule has 0 heterocycles. The molecular formula is C19H42NO3+. The van der Waals surface area contributed by atoms with Crippen LogP contribution >= 0.6 is 0 Å². The average molecular weight is 333 g/mol. The predicted molar refractivity (Wildman–Crippen MR) is 96.5 cm³/mol. The van der Waals surface area contributed by atoms with Crippen molar-refractivity contribution in [2.45, 2.75) is 96.8 Å². The van der Waals surface area contributed by atoms with E-state index < -0.39 is 0 Å². The first-order chi connectivity index (χ1) is 11.2. The summed E-state index contributed by atoms with van der Waals surface area (Å²) in [6.07, 6.45) is 19.1. The average Bonchev–Trinajstić information content (AvgIpc) is 2.59. The minimum atomic E-state index is -0.168. The Hall–Kier alpha value is -0.160. The second-order valence-corrected chi connectivity index (χ2v) is 6.48. The van der Waals surface area contributed by atoms with Gasteiger partial charge in [-0.15, -0.1) is 14.5 Å². The van der Waals surface area contributed by atoms with E-state index in [0.717, 1.165) is 13.0 Å². The van der Waals surface area contributed by atoms with Crippen molar-refractivity contribution < 1.29 is 19.5 Å². The van der Waals surface area contributed by atoms with Crippen LogP contribution in [0.1, 0.15) is 96.8 Å². The first-order valence-corrected chi connectivity index (χ1v) is 9.80. The Morgan fingerprint density at radius 3 is 1.09 bits per heavy atom. The van der Waals surface area contributed by atoms with Gasteiger partial charge in [-0.2, -0.15) is 0 Å². The molecule has 0 amide bonds. The fourth-order valence-corrected chi connectivity index (χ4v) is 3.00. The fraction of sp³-hybridized carbons (Fsp3) is 1.00. The molecule has 0 aromatic rings. The second kappa shape index (κ2) is 16.7. The highest BCUT2D eigenvalue weighted by Gasteiger charge is 2.29. The Bertz CT molecular complexity index is 224. The van der Waals surface area contributed by atoms with Crippen molar-refractivity contribution in [3.8, 4) is 0 Å². The molecule has 23 heavy (non-hydrogen) atoms. The van der Waals surface area contributed by atoms with Crippen molar-refractivity contribution in [3.05, 3.63) is 0 Å². The number of hydroxylamine groups is 3. The summed E-state index contributed by atoms with van der Waals surface area (Å²) in [7, 11) is 4.82. The summed E-state index contributed by atoms with van der Waals surface area (Å²) in [6, 6.07) is 0. The maximum absolute atomic E-state index is 5.24. The van der Waals surface area contributed by atoms with Gasteiger partial charge in [0, 0.05) is 6.42 Å².